The van der Waals surface area contributed by atoms with Crippen LogP contribution in [-0.2, 0) is 13.2 Å². The summed E-state index contributed by atoms with van der Waals surface area (Å²) in [7, 11) is 0. The highest BCUT2D eigenvalue weighted by molar-refractivity contribution is 5.30. The van der Waals surface area contributed by atoms with Crippen LogP contribution in [0, 0.1) is 5.82 Å². The van der Waals surface area contributed by atoms with Crippen LogP contribution in [-0.4, -0.2) is 5.11 Å². The van der Waals surface area contributed by atoms with E-state index in [0.29, 0.717) is 17.9 Å². The normalized spacial score (nSPS) is 10.3. The lowest BCUT2D eigenvalue weighted by atomic mass is 10.2. The number of halogens is 1. The minimum atomic E-state index is -0.362. The van der Waals surface area contributed by atoms with E-state index in [1.165, 1.54) is 12.1 Å². The average molecular weight is 247 g/mol. The molecule has 0 radical (unpaired) electrons. The van der Waals surface area contributed by atoms with Crippen LogP contribution in [0.25, 0.3) is 0 Å². The fraction of sp³-hybridized carbons (Fsp3) is 0.143. The van der Waals surface area contributed by atoms with Crippen molar-refractivity contribution >= 4 is 0 Å². The summed E-state index contributed by atoms with van der Waals surface area (Å²) in [5.41, 5.74) is 7.05. The van der Waals surface area contributed by atoms with Crippen LogP contribution in [0.4, 0.5) is 4.39 Å². The van der Waals surface area contributed by atoms with Crippen LogP contribution in [0.2, 0.25) is 0 Å². The fourth-order valence-electron chi connectivity index (χ4n) is 1.58. The van der Waals surface area contributed by atoms with Gasteiger partial charge in [-0.2, -0.15) is 0 Å². The number of phenols is 1. The quantitative estimate of drug-likeness (QED) is 0.873. The van der Waals surface area contributed by atoms with Gasteiger partial charge in [0.05, 0.1) is 0 Å². The van der Waals surface area contributed by atoms with Gasteiger partial charge in [0.2, 0.25) is 0 Å². The third-order valence-corrected chi connectivity index (χ3v) is 2.51. The molecule has 94 valence electrons. The Bertz CT molecular complexity index is 526. The predicted molar refractivity (Wildman–Crippen MR) is 66.7 cm³/mol. The second kappa shape index (κ2) is 5.51. The summed E-state index contributed by atoms with van der Waals surface area (Å²) in [6.45, 7) is 0.584. The molecule has 0 spiro atoms. The topological polar surface area (TPSA) is 55.5 Å². The smallest absolute Gasteiger partial charge is 0.127 e. The van der Waals surface area contributed by atoms with Crippen molar-refractivity contribution in [3.05, 3.63) is 59.4 Å². The van der Waals surface area contributed by atoms with E-state index >= 15 is 0 Å². The fourth-order valence-corrected chi connectivity index (χ4v) is 1.58. The third kappa shape index (κ3) is 3.21. The molecule has 0 aliphatic heterocycles. The van der Waals surface area contributed by atoms with E-state index < -0.39 is 0 Å². The average Bonchev–Trinajstić information content (AvgIpc) is 2.37. The molecule has 0 saturated carbocycles. The van der Waals surface area contributed by atoms with E-state index in [2.05, 4.69) is 0 Å². The zero-order valence-electron chi connectivity index (χ0n) is 9.77. The maximum Gasteiger partial charge on any atom is 0.127 e. The highest BCUT2D eigenvalue weighted by Gasteiger charge is 2.01. The molecular formula is C14H14FNO2. The lowest BCUT2D eigenvalue weighted by Crippen LogP contribution is -2.00. The lowest BCUT2D eigenvalue weighted by Gasteiger charge is -2.08. The number of aromatic hydroxyl groups is 1. The van der Waals surface area contributed by atoms with Gasteiger partial charge in [0, 0.05) is 12.6 Å². The van der Waals surface area contributed by atoms with Crippen LogP contribution in [0.15, 0.2) is 42.5 Å². The van der Waals surface area contributed by atoms with E-state index in [-0.39, 0.29) is 18.1 Å². The van der Waals surface area contributed by atoms with Gasteiger partial charge < -0.3 is 15.6 Å². The first kappa shape index (κ1) is 12.4. The Morgan fingerprint density at radius 3 is 2.44 bits per heavy atom. The molecule has 0 saturated heterocycles. The molecule has 0 unspecified atom stereocenters. The van der Waals surface area contributed by atoms with Crippen molar-refractivity contribution in [2.75, 3.05) is 0 Å². The standard InChI is InChI=1S/C14H14FNO2/c15-12-5-11(8-16)6-14(7-12)18-9-10-1-3-13(17)4-2-10/h1-7,17H,8-9,16H2. The van der Waals surface area contributed by atoms with Gasteiger partial charge in [0.25, 0.3) is 0 Å². The van der Waals surface area contributed by atoms with Crippen LogP contribution >= 0.6 is 0 Å². The Labute approximate surface area is 105 Å². The Kier molecular flexibility index (Phi) is 3.79. The first-order valence-corrected chi connectivity index (χ1v) is 5.57. The molecule has 0 atom stereocenters. The zero-order chi connectivity index (χ0) is 13.0. The van der Waals surface area contributed by atoms with Gasteiger partial charge >= 0.3 is 0 Å². The molecule has 3 nitrogen and oxygen atoms in total. The Morgan fingerprint density at radius 2 is 1.78 bits per heavy atom. The van der Waals surface area contributed by atoms with E-state index in [0.717, 1.165) is 5.56 Å². The van der Waals surface area contributed by atoms with Crippen molar-refractivity contribution < 1.29 is 14.2 Å². The second-order valence-electron chi connectivity index (χ2n) is 3.95. The van der Waals surface area contributed by atoms with Crippen molar-refractivity contribution in [3.8, 4) is 11.5 Å². The van der Waals surface area contributed by atoms with Crippen molar-refractivity contribution in [2.24, 2.45) is 5.73 Å². The SMILES string of the molecule is NCc1cc(F)cc(OCc2ccc(O)cc2)c1. The predicted octanol–water partition coefficient (Wildman–Crippen LogP) is 2.57. The van der Waals surface area contributed by atoms with Gasteiger partial charge in [-0.05, 0) is 35.4 Å². The number of hydrogen-bond donors (Lipinski definition) is 2. The molecule has 0 heterocycles. The molecule has 3 N–H and O–H groups in total. The van der Waals surface area contributed by atoms with Gasteiger partial charge in [-0.15, -0.1) is 0 Å². The Hall–Kier alpha value is -2.07. The van der Waals surface area contributed by atoms with E-state index in [9.17, 15) is 4.39 Å². The molecule has 0 aromatic heterocycles. The van der Waals surface area contributed by atoms with Crippen LogP contribution in [0.1, 0.15) is 11.1 Å². The molecule has 2 aromatic rings. The first-order chi connectivity index (χ1) is 8.67. The van der Waals surface area contributed by atoms with Crippen molar-refractivity contribution in [2.45, 2.75) is 13.2 Å². The number of hydrogen-bond acceptors (Lipinski definition) is 3. The Morgan fingerprint density at radius 1 is 1.06 bits per heavy atom. The van der Waals surface area contributed by atoms with Crippen molar-refractivity contribution in [1.82, 2.24) is 0 Å². The van der Waals surface area contributed by atoms with Crippen LogP contribution < -0.4 is 10.5 Å². The minimum absolute atomic E-state index is 0.204. The molecule has 0 aliphatic rings. The lowest BCUT2D eigenvalue weighted by molar-refractivity contribution is 0.304. The molecule has 4 heteroatoms. The van der Waals surface area contributed by atoms with Gasteiger partial charge in [-0.1, -0.05) is 12.1 Å². The summed E-state index contributed by atoms with van der Waals surface area (Å²) in [6, 6.07) is 11.1. The number of ether oxygens (including phenoxy) is 1. The van der Waals surface area contributed by atoms with E-state index in [1.54, 1.807) is 30.3 Å². The highest BCUT2D eigenvalue weighted by atomic mass is 19.1. The van der Waals surface area contributed by atoms with Crippen LogP contribution in [0.3, 0.4) is 0 Å². The maximum absolute atomic E-state index is 13.2. The summed E-state index contributed by atoms with van der Waals surface area (Å²) in [6.07, 6.45) is 0. The van der Waals surface area contributed by atoms with Gasteiger partial charge in [0.1, 0.15) is 23.9 Å². The van der Waals surface area contributed by atoms with Crippen molar-refractivity contribution in [1.29, 1.82) is 0 Å². The molecule has 0 fully saturated rings. The minimum Gasteiger partial charge on any atom is -0.508 e. The van der Waals surface area contributed by atoms with E-state index in [1.807, 2.05) is 0 Å². The number of rotatable bonds is 4. The monoisotopic (exact) mass is 247 g/mol. The maximum atomic E-state index is 13.2. The summed E-state index contributed by atoms with van der Waals surface area (Å²) in [5.74, 6) is 0.289. The molecule has 18 heavy (non-hydrogen) atoms. The summed E-state index contributed by atoms with van der Waals surface area (Å²) in [5, 5.41) is 9.14. The van der Waals surface area contributed by atoms with Crippen LogP contribution in [0.5, 0.6) is 11.5 Å². The molecular weight excluding hydrogens is 233 g/mol. The van der Waals surface area contributed by atoms with Gasteiger partial charge in [-0.25, -0.2) is 4.39 Å². The van der Waals surface area contributed by atoms with E-state index in [4.69, 9.17) is 15.6 Å². The highest BCUT2D eigenvalue weighted by Crippen LogP contribution is 2.18. The molecule has 2 aromatic carbocycles. The number of phenolic OH excluding ortho intramolecular Hbond substituents is 1. The summed E-state index contributed by atoms with van der Waals surface area (Å²) < 4.78 is 18.7. The molecule has 2 rings (SSSR count). The summed E-state index contributed by atoms with van der Waals surface area (Å²) >= 11 is 0. The largest absolute Gasteiger partial charge is 0.508 e. The summed E-state index contributed by atoms with van der Waals surface area (Å²) in [4.78, 5) is 0. The van der Waals surface area contributed by atoms with Crippen molar-refractivity contribution in [3.63, 3.8) is 0 Å². The molecule has 0 bridgehead atoms. The zero-order valence-corrected chi connectivity index (χ0v) is 9.77. The molecule has 0 aliphatic carbocycles. The third-order valence-electron chi connectivity index (χ3n) is 2.51. The first-order valence-electron chi connectivity index (χ1n) is 5.57. The Balaban J connectivity index is 2.05. The van der Waals surface area contributed by atoms with Gasteiger partial charge in [0.15, 0.2) is 0 Å². The number of benzene rings is 2. The number of nitrogens with two attached hydrogens (primary N) is 1. The molecule has 0 amide bonds. The second-order valence-corrected chi connectivity index (χ2v) is 3.95. The van der Waals surface area contributed by atoms with Gasteiger partial charge in [-0.3, -0.25) is 0 Å².